The van der Waals surface area contributed by atoms with Crippen molar-refractivity contribution in [2.75, 3.05) is 19.6 Å². The van der Waals surface area contributed by atoms with Crippen molar-refractivity contribution in [3.8, 4) is 0 Å². The van der Waals surface area contributed by atoms with Crippen LogP contribution in [0.2, 0.25) is 0 Å². The highest BCUT2D eigenvalue weighted by atomic mass is 16.4. The van der Waals surface area contributed by atoms with E-state index in [2.05, 4.69) is 50.8 Å². The lowest BCUT2D eigenvalue weighted by molar-refractivity contribution is -0.137. The van der Waals surface area contributed by atoms with Gasteiger partial charge in [0.05, 0.1) is 18.1 Å². The number of aliphatic hydroxyl groups is 1. The standard InChI is InChI=1S/C32H39NO5/c1-31(2)14-15-32(3,4)29-25(22-11-16-33(17-12-22)18-13-28(35)36)19-24(20-26(29)31)27(34)10-7-21-5-8-23(9-6-21)30(37)38/h5-11,19-20,27,34H,12-18H2,1-4H3,(H,35,36)(H,37,38)/b10-7-. The number of aromatic carboxylic acids is 1. The Bertz CT molecular complexity index is 1270. The van der Waals surface area contributed by atoms with Crippen molar-refractivity contribution in [2.45, 2.75) is 70.3 Å². The molecule has 0 saturated carbocycles. The molecule has 0 spiro atoms. The summed E-state index contributed by atoms with van der Waals surface area (Å²) in [6, 6.07) is 10.9. The second kappa shape index (κ2) is 10.9. The molecule has 6 heteroatoms. The number of nitrogens with zero attached hydrogens (tertiary/aromatic N) is 1. The second-order valence-corrected chi connectivity index (χ2v) is 11.9. The van der Waals surface area contributed by atoms with Crippen LogP contribution < -0.4 is 0 Å². The van der Waals surface area contributed by atoms with Crippen molar-refractivity contribution in [3.05, 3.63) is 81.9 Å². The molecule has 0 aromatic heterocycles. The number of hydrogen-bond donors (Lipinski definition) is 3. The molecular weight excluding hydrogens is 478 g/mol. The number of aliphatic carboxylic acids is 1. The number of benzene rings is 2. The fourth-order valence-electron chi connectivity index (χ4n) is 5.70. The minimum absolute atomic E-state index is 0.00662. The first-order chi connectivity index (χ1) is 17.9. The van der Waals surface area contributed by atoms with Gasteiger partial charge in [-0.2, -0.15) is 0 Å². The van der Waals surface area contributed by atoms with Gasteiger partial charge in [0.25, 0.3) is 0 Å². The van der Waals surface area contributed by atoms with Crippen LogP contribution in [0.5, 0.6) is 0 Å². The van der Waals surface area contributed by atoms with Crippen LogP contribution >= 0.6 is 0 Å². The summed E-state index contributed by atoms with van der Waals surface area (Å²) in [5.41, 5.74) is 7.00. The predicted molar refractivity (Wildman–Crippen MR) is 150 cm³/mol. The molecular formula is C32H39NO5. The maximum absolute atomic E-state index is 11.2. The van der Waals surface area contributed by atoms with Crippen LogP contribution in [0, 0.1) is 0 Å². The SMILES string of the molecule is CC1(C)CCC(C)(C)c2c(C3=CCN(CCC(=O)O)CC3)cc(C(O)/C=C\c3ccc(C(=O)O)cc3)cc21. The topological polar surface area (TPSA) is 98.1 Å². The van der Waals surface area contributed by atoms with E-state index >= 15 is 0 Å². The molecule has 2 aliphatic rings. The van der Waals surface area contributed by atoms with Gasteiger partial charge < -0.3 is 15.3 Å². The van der Waals surface area contributed by atoms with Crippen LogP contribution in [0.1, 0.15) is 97.7 Å². The Kier molecular flexibility index (Phi) is 7.96. The van der Waals surface area contributed by atoms with Crippen LogP contribution in [0.25, 0.3) is 11.6 Å². The zero-order valence-corrected chi connectivity index (χ0v) is 22.8. The summed E-state index contributed by atoms with van der Waals surface area (Å²) >= 11 is 0. The predicted octanol–water partition coefficient (Wildman–Crippen LogP) is 6.04. The monoisotopic (exact) mass is 517 g/mol. The minimum Gasteiger partial charge on any atom is -0.481 e. The zero-order chi connectivity index (χ0) is 27.7. The lowest BCUT2D eigenvalue weighted by atomic mass is 9.61. The second-order valence-electron chi connectivity index (χ2n) is 11.9. The van der Waals surface area contributed by atoms with E-state index in [-0.39, 0.29) is 22.8 Å². The molecule has 0 fully saturated rings. The van der Waals surface area contributed by atoms with Gasteiger partial charge in [-0.3, -0.25) is 9.69 Å². The van der Waals surface area contributed by atoms with Gasteiger partial charge in [-0.05, 0) is 81.7 Å². The highest BCUT2D eigenvalue weighted by Gasteiger charge is 2.39. The van der Waals surface area contributed by atoms with E-state index in [0.717, 1.165) is 43.5 Å². The molecule has 2 aromatic carbocycles. The quantitative estimate of drug-likeness (QED) is 0.395. The van der Waals surface area contributed by atoms with Crippen molar-refractivity contribution in [3.63, 3.8) is 0 Å². The third kappa shape index (κ3) is 6.08. The Morgan fingerprint density at radius 2 is 1.71 bits per heavy atom. The summed E-state index contributed by atoms with van der Waals surface area (Å²) in [5.74, 6) is -1.74. The summed E-state index contributed by atoms with van der Waals surface area (Å²) in [6.45, 7) is 11.3. The van der Waals surface area contributed by atoms with Gasteiger partial charge in [0, 0.05) is 19.6 Å². The molecule has 1 heterocycles. The Balaban J connectivity index is 1.70. The first kappa shape index (κ1) is 27.8. The number of carboxylic acid groups (broad SMARTS) is 2. The molecule has 1 aliphatic carbocycles. The molecule has 3 N–H and O–H groups in total. The molecule has 0 bridgehead atoms. The first-order valence-corrected chi connectivity index (χ1v) is 13.4. The summed E-state index contributed by atoms with van der Waals surface area (Å²) < 4.78 is 0. The molecule has 1 aliphatic heterocycles. The number of hydrogen-bond acceptors (Lipinski definition) is 4. The van der Waals surface area contributed by atoms with Gasteiger partial charge in [0.1, 0.15) is 0 Å². The van der Waals surface area contributed by atoms with Crippen molar-refractivity contribution >= 4 is 23.6 Å². The Labute approximate surface area is 225 Å². The molecule has 0 radical (unpaired) electrons. The average molecular weight is 518 g/mol. The summed E-state index contributed by atoms with van der Waals surface area (Å²) in [6.07, 6.45) is 8.15. The van der Waals surface area contributed by atoms with E-state index in [4.69, 9.17) is 10.2 Å². The molecule has 6 nitrogen and oxygen atoms in total. The van der Waals surface area contributed by atoms with Crippen LogP contribution in [0.15, 0.2) is 48.6 Å². The largest absolute Gasteiger partial charge is 0.481 e. The number of fused-ring (bicyclic) bond motifs is 1. The first-order valence-electron chi connectivity index (χ1n) is 13.4. The van der Waals surface area contributed by atoms with E-state index in [1.165, 1.54) is 22.3 Å². The maximum Gasteiger partial charge on any atom is 0.335 e. The third-order valence-electron chi connectivity index (χ3n) is 8.19. The number of aliphatic hydroxyl groups excluding tert-OH is 1. The molecule has 1 atom stereocenters. The highest BCUT2D eigenvalue weighted by molar-refractivity contribution is 5.87. The van der Waals surface area contributed by atoms with Crippen molar-refractivity contribution in [2.24, 2.45) is 0 Å². The van der Waals surface area contributed by atoms with E-state index in [1.807, 2.05) is 6.08 Å². The average Bonchev–Trinajstić information content (AvgIpc) is 2.88. The lowest BCUT2D eigenvalue weighted by Crippen LogP contribution is -2.36. The molecule has 38 heavy (non-hydrogen) atoms. The Morgan fingerprint density at radius 3 is 2.32 bits per heavy atom. The Morgan fingerprint density at radius 1 is 1.03 bits per heavy atom. The number of carboxylic acids is 2. The molecule has 202 valence electrons. The smallest absolute Gasteiger partial charge is 0.335 e. The normalized spacial score (nSPS) is 19.6. The lowest BCUT2D eigenvalue weighted by Gasteiger charge is -2.44. The van der Waals surface area contributed by atoms with Crippen LogP contribution in [0.4, 0.5) is 0 Å². The zero-order valence-electron chi connectivity index (χ0n) is 22.8. The van der Waals surface area contributed by atoms with Gasteiger partial charge in [-0.1, -0.05) is 64.1 Å². The summed E-state index contributed by atoms with van der Waals surface area (Å²) in [4.78, 5) is 24.3. The van der Waals surface area contributed by atoms with Crippen LogP contribution in [0.3, 0.4) is 0 Å². The van der Waals surface area contributed by atoms with Crippen LogP contribution in [-0.2, 0) is 15.6 Å². The molecule has 0 saturated heterocycles. The van der Waals surface area contributed by atoms with Gasteiger partial charge >= 0.3 is 11.9 Å². The van der Waals surface area contributed by atoms with Crippen molar-refractivity contribution in [1.29, 1.82) is 0 Å². The fraction of sp³-hybridized carbons (Fsp3) is 0.438. The summed E-state index contributed by atoms with van der Waals surface area (Å²) in [5, 5.41) is 29.4. The van der Waals surface area contributed by atoms with Crippen LogP contribution in [-0.4, -0.2) is 51.8 Å². The maximum atomic E-state index is 11.2. The number of carbonyl (C=O) groups is 2. The van der Waals surface area contributed by atoms with Gasteiger partial charge in [0.2, 0.25) is 0 Å². The van der Waals surface area contributed by atoms with Gasteiger partial charge in [0.15, 0.2) is 0 Å². The Hall–Kier alpha value is -3.22. The van der Waals surface area contributed by atoms with Gasteiger partial charge in [-0.15, -0.1) is 0 Å². The molecule has 4 rings (SSSR count). The van der Waals surface area contributed by atoms with E-state index in [1.54, 1.807) is 30.3 Å². The van der Waals surface area contributed by atoms with Gasteiger partial charge in [-0.25, -0.2) is 4.79 Å². The van der Waals surface area contributed by atoms with E-state index < -0.39 is 18.0 Å². The van der Waals surface area contributed by atoms with Crippen molar-refractivity contribution in [1.82, 2.24) is 4.90 Å². The highest BCUT2D eigenvalue weighted by Crippen LogP contribution is 2.50. The third-order valence-corrected chi connectivity index (χ3v) is 8.19. The number of rotatable bonds is 8. The summed E-state index contributed by atoms with van der Waals surface area (Å²) in [7, 11) is 0. The fourth-order valence-corrected chi connectivity index (χ4v) is 5.70. The van der Waals surface area contributed by atoms with E-state index in [9.17, 15) is 14.7 Å². The van der Waals surface area contributed by atoms with E-state index in [0.29, 0.717) is 6.54 Å². The molecule has 1 unspecified atom stereocenters. The van der Waals surface area contributed by atoms with Crippen molar-refractivity contribution < 1.29 is 24.9 Å². The molecule has 2 aromatic rings. The minimum atomic E-state index is -0.963. The molecule has 0 amide bonds.